The zero-order valence-corrected chi connectivity index (χ0v) is 18.7. The summed E-state index contributed by atoms with van der Waals surface area (Å²) in [6.45, 7) is 4.30. The molecule has 1 aliphatic heterocycles. The summed E-state index contributed by atoms with van der Waals surface area (Å²) in [5.74, 6) is -1.82. The molecular weight excluding hydrogens is 410 g/mol. The lowest BCUT2D eigenvalue weighted by Gasteiger charge is -2.37. The van der Waals surface area contributed by atoms with Crippen LogP contribution in [0.4, 0.5) is 0 Å². The van der Waals surface area contributed by atoms with Gasteiger partial charge in [0.15, 0.2) is 5.69 Å². The summed E-state index contributed by atoms with van der Waals surface area (Å²) in [6, 6.07) is 5.90. The number of carboxylic acid groups (broad SMARTS) is 1. The molecule has 2 aromatic rings. The number of carbonyl (C=O) groups excluding carboxylic acids is 1. The van der Waals surface area contributed by atoms with E-state index in [1.54, 1.807) is 4.57 Å². The van der Waals surface area contributed by atoms with Crippen LogP contribution in [0.2, 0.25) is 0 Å². The van der Waals surface area contributed by atoms with E-state index >= 15 is 0 Å². The van der Waals surface area contributed by atoms with E-state index < -0.39 is 29.2 Å². The van der Waals surface area contributed by atoms with Crippen molar-refractivity contribution in [2.75, 3.05) is 7.05 Å². The van der Waals surface area contributed by atoms with Gasteiger partial charge in [0.2, 0.25) is 5.75 Å². The Bertz CT molecular complexity index is 1130. The summed E-state index contributed by atoms with van der Waals surface area (Å²) in [4.78, 5) is 42.3. The summed E-state index contributed by atoms with van der Waals surface area (Å²) < 4.78 is 1.58. The number of hydrogen-bond acceptors (Lipinski definition) is 5. The Morgan fingerprint density at radius 1 is 1.16 bits per heavy atom. The van der Waals surface area contributed by atoms with Gasteiger partial charge in [0.05, 0.1) is 12.5 Å². The standard InChI is InChI=1S/C24H29N3O5/c1-14-8-15(2)10-16(9-14)24(6-4-5-7-24)12-18-25-22(31)21(30)20-23(32)26(3)17(11-19(28)29)13-27(18)20/h8-10,17,30H,4-7,11-13H2,1-3H3,(H,28,29)/t17-/m0/s1. The fourth-order valence-electron chi connectivity index (χ4n) is 5.41. The second kappa shape index (κ2) is 8.07. The molecule has 1 amide bonds. The normalized spacial score (nSPS) is 19.8. The Hall–Kier alpha value is -3.16. The van der Waals surface area contributed by atoms with E-state index in [9.17, 15) is 24.6 Å². The van der Waals surface area contributed by atoms with Gasteiger partial charge in [0.25, 0.3) is 5.91 Å². The predicted molar refractivity (Wildman–Crippen MR) is 118 cm³/mol. The zero-order valence-electron chi connectivity index (χ0n) is 18.7. The van der Waals surface area contributed by atoms with Gasteiger partial charge < -0.3 is 19.7 Å². The molecule has 0 unspecified atom stereocenters. The average Bonchev–Trinajstić information content (AvgIpc) is 3.18. The van der Waals surface area contributed by atoms with Gasteiger partial charge in [-0.2, -0.15) is 4.98 Å². The van der Waals surface area contributed by atoms with Crippen LogP contribution in [0, 0.1) is 13.8 Å². The van der Waals surface area contributed by atoms with Crippen LogP contribution in [0.15, 0.2) is 23.0 Å². The van der Waals surface area contributed by atoms with Crippen LogP contribution in [-0.2, 0) is 23.2 Å². The second-order valence-corrected chi connectivity index (χ2v) is 9.35. The molecule has 1 aromatic carbocycles. The summed E-state index contributed by atoms with van der Waals surface area (Å²) >= 11 is 0. The Morgan fingerprint density at radius 2 is 1.78 bits per heavy atom. The van der Waals surface area contributed by atoms with Crippen molar-refractivity contribution in [2.45, 2.75) is 70.4 Å². The Labute approximate surface area is 186 Å². The molecule has 1 saturated carbocycles. The SMILES string of the molecule is Cc1cc(C)cc(C2(Cc3nc(=O)c(O)c4n3C[C@H](CC(=O)O)N(C)C4=O)CCCC2)c1. The van der Waals surface area contributed by atoms with Crippen molar-refractivity contribution in [2.24, 2.45) is 0 Å². The van der Waals surface area contributed by atoms with Crippen molar-refractivity contribution in [3.05, 3.63) is 56.8 Å². The Kier molecular flexibility index (Phi) is 5.56. The number of aliphatic carboxylic acids is 1. The van der Waals surface area contributed by atoms with E-state index in [-0.39, 0.29) is 24.1 Å². The van der Waals surface area contributed by atoms with Gasteiger partial charge in [-0.25, -0.2) is 0 Å². The van der Waals surface area contributed by atoms with Crippen molar-refractivity contribution in [3.63, 3.8) is 0 Å². The average molecular weight is 440 g/mol. The summed E-state index contributed by atoms with van der Waals surface area (Å²) in [5.41, 5.74) is 2.40. The number of aromatic nitrogens is 2. The number of aryl methyl sites for hydroxylation is 2. The number of carboxylic acids is 1. The lowest BCUT2D eigenvalue weighted by atomic mass is 9.75. The number of likely N-dealkylation sites (N-methyl/N-ethyl adjacent to an activating group) is 1. The molecule has 2 aliphatic rings. The molecule has 0 radical (unpaired) electrons. The Balaban J connectivity index is 1.84. The molecule has 0 bridgehead atoms. The van der Waals surface area contributed by atoms with Gasteiger partial charge in [-0.15, -0.1) is 0 Å². The third-order valence-corrected chi connectivity index (χ3v) is 7.00. The van der Waals surface area contributed by atoms with Gasteiger partial charge in [-0.1, -0.05) is 42.2 Å². The maximum absolute atomic E-state index is 13.0. The Morgan fingerprint density at radius 3 is 2.38 bits per heavy atom. The highest BCUT2D eigenvalue weighted by molar-refractivity contribution is 5.96. The van der Waals surface area contributed by atoms with E-state index in [0.717, 1.165) is 25.7 Å². The third kappa shape index (κ3) is 3.78. The quantitative estimate of drug-likeness (QED) is 0.740. The first-order chi connectivity index (χ1) is 15.1. The van der Waals surface area contributed by atoms with Crippen LogP contribution in [0.5, 0.6) is 5.75 Å². The summed E-state index contributed by atoms with van der Waals surface area (Å²) in [6.07, 6.45) is 4.23. The van der Waals surface area contributed by atoms with Crippen molar-refractivity contribution < 1.29 is 19.8 Å². The van der Waals surface area contributed by atoms with Crippen molar-refractivity contribution >= 4 is 11.9 Å². The first kappa shape index (κ1) is 22.0. The number of hydrogen-bond donors (Lipinski definition) is 2. The van der Waals surface area contributed by atoms with Crippen LogP contribution in [0.1, 0.15) is 65.1 Å². The van der Waals surface area contributed by atoms with Crippen LogP contribution in [0.25, 0.3) is 0 Å². The van der Waals surface area contributed by atoms with Crippen molar-refractivity contribution in [3.8, 4) is 5.75 Å². The minimum atomic E-state index is -1.01. The number of carbonyl (C=O) groups is 2. The molecule has 0 spiro atoms. The van der Waals surface area contributed by atoms with E-state index in [1.165, 1.54) is 28.6 Å². The topological polar surface area (TPSA) is 113 Å². The maximum Gasteiger partial charge on any atom is 0.315 e. The molecule has 8 heteroatoms. The number of amides is 1. The highest BCUT2D eigenvalue weighted by atomic mass is 16.4. The number of nitrogens with zero attached hydrogens (tertiary/aromatic N) is 3. The maximum atomic E-state index is 13.0. The molecule has 2 heterocycles. The van der Waals surface area contributed by atoms with E-state index in [2.05, 4.69) is 37.0 Å². The zero-order chi connectivity index (χ0) is 23.2. The van der Waals surface area contributed by atoms with Crippen molar-refractivity contribution in [1.82, 2.24) is 14.5 Å². The fourth-order valence-corrected chi connectivity index (χ4v) is 5.41. The molecule has 1 atom stereocenters. The third-order valence-electron chi connectivity index (χ3n) is 7.00. The second-order valence-electron chi connectivity index (χ2n) is 9.35. The lowest BCUT2D eigenvalue weighted by molar-refractivity contribution is -0.138. The van der Waals surface area contributed by atoms with Gasteiger partial charge in [0, 0.05) is 25.4 Å². The first-order valence-corrected chi connectivity index (χ1v) is 11.0. The van der Waals surface area contributed by atoms with Gasteiger partial charge >= 0.3 is 11.5 Å². The highest BCUT2D eigenvalue weighted by Gasteiger charge is 2.40. The molecule has 0 saturated heterocycles. The highest BCUT2D eigenvalue weighted by Crippen LogP contribution is 2.44. The van der Waals surface area contributed by atoms with Gasteiger partial charge in [-0.3, -0.25) is 14.4 Å². The first-order valence-electron chi connectivity index (χ1n) is 11.0. The molecular formula is C24H29N3O5. The van der Waals surface area contributed by atoms with Crippen LogP contribution in [-0.4, -0.2) is 49.6 Å². The molecule has 170 valence electrons. The van der Waals surface area contributed by atoms with Crippen LogP contribution >= 0.6 is 0 Å². The minimum absolute atomic E-state index is 0.0993. The van der Waals surface area contributed by atoms with Gasteiger partial charge in [-0.05, 0) is 32.3 Å². The lowest BCUT2D eigenvalue weighted by Crippen LogP contribution is -2.49. The minimum Gasteiger partial charge on any atom is -0.501 e. The largest absolute Gasteiger partial charge is 0.501 e. The molecule has 8 nitrogen and oxygen atoms in total. The monoisotopic (exact) mass is 439 g/mol. The molecule has 1 aromatic heterocycles. The molecule has 4 rings (SSSR count). The van der Waals surface area contributed by atoms with E-state index in [0.29, 0.717) is 12.2 Å². The smallest absolute Gasteiger partial charge is 0.315 e. The molecule has 1 fully saturated rings. The van der Waals surface area contributed by atoms with Crippen LogP contribution in [0.3, 0.4) is 0 Å². The van der Waals surface area contributed by atoms with E-state index in [1.807, 2.05) is 0 Å². The van der Waals surface area contributed by atoms with Crippen molar-refractivity contribution in [1.29, 1.82) is 0 Å². The predicted octanol–water partition coefficient (Wildman–Crippen LogP) is 2.55. The van der Waals surface area contributed by atoms with Crippen LogP contribution < -0.4 is 5.56 Å². The summed E-state index contributed by atoms with van der Waals surface area (Å²) in [5, 5.41) is 19.7. The number of benzene rings is 1. The van der Waals surface area contributed by atoms with Gasteiger partial charge in [0.1, 0.15) is 5.82 Å². The number of fused-ring (bicyclic) bond motifs is 1. The van der Waals surface area contributed by atoms with E-state index in [4.69, 9.17) is 0 Å². The fraction of sp³-hybridized carbons (Fsp3) is 0.500. The molecule has 1 aliphatic carbocycles. The number of rotatable bonds is 5. The summed E-state index contributed by atoms with van der Waals surface area (Å²) in [7, 11) is 1.50. The molecule has 2 N–H and O–H groups in total. The molecule has 32 heavy (non-hydrogen) atoms. The number of aromatic hydroxyl groups is 1.